The van der Waals surface area contributed by atoms with E-state index in [-0.39, 0.29) is 12.3 Å². The van der Waals surface area contributed by atoms with Crippen molar-refractivity contribution >= 4 is 10.0 Å². The van der Waals surface area contributed by atoms with E-state index in [0.717, 1.165) is 19.3 Å². The van der Waals surface area contributed by atoms with Gasteiger partial charge in [-0.3, -0.25) is 0 Å². The molecule has 7 heteroatoms. The summed E-state index contributed by atoms with van der Waals surface area (Å²) in [5.74, 6) is 0.341. The molecule has 0 aromatic rings. The Bertz CT molecular complexity index is 357. The van der Waals surface area contributed by atoms with Crippen LogP contribution >= 0.6 is 0 Å². The lowest BCUT2D eigenvalue weighted by atomic mass is 9.92. The average Bonchev–Trinajstić information content (AvgIpc) is 2.38. The second kappa shape index (κ2) is 7.54. The van der Waals surface area contributed by atoms with Crippen LogP contribution in [-0.4, -0.2) is 65.7 Å². The molecule has 1 heterocycles. The predicted molar refractivity (Wildman–Crippen MR) is 74.4 cm³/mol. The lowest BCUT2D eigenvalue weighted by Crippen LogP contribution is -2.45. The molecule has 114 valence electrons. The van der Waals surface area contributed by atoms with Gasteiger partial charge in [-0.05, 0) is 32.2 Å². The first kappa shape index (κ1) is 16.8. The van der Waals surface area contributed by atoms with E-state index in [9.17, 15) is 8.42 Å². The summed E-state index contributed by atoms with van der Waals surface area (Å²) in [7, 11) is 2.01. The van der Waals surface area contributed by atoms with Crippen LogP contribution < -0.4 is 5.32 Å². The molecule has 0 bridgehead atoms. The summed E-state index contributed by atoms with van der Waals surface area (Å²) in [6.07, 6.45) is 3.77. The van der Waals surface area contributed by atoms with Gasteiger partial charge in [0.25, 0.3) is 0 Å². The van der Waals surface area contributed by atoms with Gasteiger partial charge in [0, 0.05) is 27.3 Å². The molecule has 0 spiro atoms. The Morgan fingerprint density at radius 3 is 2.47 bits per heavy atom. The molecule has 19 heavy (non-hydrogen) atoms. The van der Waals surface area contributed by atoms with Gasteiger partial charge >= 0.3 is 0 Å². The maximum Gasteiger partial charge on any atom is 0.211 e. The fourth-order valence-electron chi connectivity index (χ4n) is 2.67. The van der Waals surface area contributed by atoms with Gasteiger partial charge in [0.05, 0.1) is 12.3 Å². The molecule has 1 aliphatic heterocycles. The van der Waals surface area contributed by atoms with Gasteiger partial charge in [0.2, 0.25) is 10.0 Å². The lowest BCUT2D eigenvalue weighted by molar-refractivity contribution is -0.125. The Hall–Kier alpha value is -0.210. The van der Waals surface area contributed by atoms with Crippen LogP contribution in [0.15, 0.2) is 0 Å². The van der Waals surface area contributed by atoms with Crippen LogP contribution in [-0.2, 0) is 19.5 Å². The Balaban J connectivity index is 2.60. The third-order valence-electron chi connectivity index (χ3n) is 3.70. The topological polar surface area (TPSA) is 67.9 Å². The molecule has 0 radical (unpaired) electrons. The van der Waals surface area contributed by atoms with E-state index in [4.69, 9.17) is 9.47 Å². The number of nitrogens with one attached hydrogen (secondary N) is 1. The Morgan fingerprint density at radius 2 is 2.00 bits per heavy atom. The van der Waals surface area contributed by atoms with E-state index in [1.165, 1.54) is 6.26 Å². The summed E-state index contributed by atoms with van der Waals surface area (Å²) < 4.78 is 35.3. The van der Waals surface area contributed by atoms with Gasteiger partial charge in [-0.1, -0.05) is 0 Å². The molecule has 0 aliphatic carbocycles. The highest BCUT2D eigenvalue weighted by Gasteiger charge is 2.29. The van der Waals surface area contributed by atoms with Gasteiger partial charge in [-0.15, -0.1) is 0 Å². The van der Waals surface area contributed by atoms with Crippen LogP contribution in [0.5, 0.6) is 0 Å². The Labute approximate surface area is 116 Å². The van der Waals surface area contributed by atoms with Crippen molar-refractivity contribution in [1.82, 2.24) is 9.62 Å². The number of piperidine rings is 1. The molecule has 2 unspecified atom stereocenters. The number of likely N-dealkylation sites (N-methyl/N-ethyl adjacent to an activating group) is 1. The zero-order chi connectivity index (χ0) is 14.5. The van der Waals surface area contributed by atoms with Crippen molar-refractivity contribution < 1.29 is 17.9 Å². The lowest BCUT2D eigenvalue weighted by Gasteiger charge is -2.34. The number of ether oxygens (including phenoxy) is 2. The molecule has 0 saturated carbocycles. The largest absolute Gasteiger partial charge is 0.354 e. The standard InChI is InChI=1S/C12H26N2O4S/c1-13-11(12(17-2)18-3)8-10-6-5-7-14(9-10)19(4,15)16/h10-13H,5-9H2,1-4H3. The first-order valence-corrected chi connectivity index (χ1v) is 8.45. The number of methoxy groups -OCH3 is 2. The molecule has 1 saturated heterocycles. The number of sulfonamides is 1. The van der Waals surface area contributed by atoms with Crippen molar-refractivity contribution in [3.8, 4) is 0 Å². The van der Waals surface area contributed by atoms with E-state index < -0.39 is 10.0 Å². The predicted octanol–water partition coefficient (Wildman–Crippen LogP) is 0.255. The number of hydrogen-bond donors (Lipinski definition) is 1. The molecule has 6 nitrogen and oxygen atoms in total. The van der Waals surface area contributed by atoms with Crippen LogP contribution in [0.3, 0.4) is 0 Å². The molecule has 1 N–H and O–H groups in total. The molecule has 0 aromatic carbocycles. The van der Waals surface area contributed by atoms with Gasteiger partial charge in [0.15, 0.2) is 6.29 Å². The van der Waals surface area contributed by atoms with E-state index in [1.54, 1.807) is 18.5 Å². The number of rotatable bonds is 7. The third kappa shape index (κ3) is 5.00. The third-order valence-corrected chi connectivity index (χ3v) is 4.97. The normalized spacial score (nSPS) is 23.7. The summed E-state index contributed by atoms with van der Waals surface area (Å²) in [6.45, 7) is 1.23. The van der Waals surface area contributed by atoms with Crippen LogP contribution in [0, 0.1) is 5.92 Å². The summed E-state index contributed by atoms with van der Waals surface area (Å²) in [6, 6.07) is 0.0690. The van der Waals surface area contributed by atoms with Crippen molar-refractivity contribution in [2.24, 2.45) is 5.92 Å². The summed E-state index contributed by atoms with van der Waals surface area (Å²) >= 11 is 0. The molecule has 1 rings (SSSR count). The van der Waals surface area contributed by atoms with Crippen molar-refractivity contribution in [2.45, 2.75) is 31.6 Å². The summed E-state index contributed by atoms with van der Waals surface area (Å²) in [4.78, 5) is 0. The van der Waals surface area contributed by atoms with Crippen molar-refractivity contribution in [3.63, 3.8) is 0 Å². The molecular weight excluding hydrogens is 268 g/mol. The average molecular weight is 294 g/mol. The quantitative estimate of drug-likeness (QED) is 0.682. The van der Waals surface area contributed by atoms with Crippen molar-refractivity contribution in [2.75, 3.05) is 40.6 Å². The van der Waals surface area contributed by atoms with Crippen LogP contribution in [0.1, 0.15) is 19.3 Å². The maximum atomic E-state index is 11.6. The minimum absolute atomic E-state index is 0.0690. The molecule has 0 aromatic heterocycles. The highest BCUT2D eigenvalue weighted by atomic mass is 32.2. The maximum absolute atomic E-state index is 11.6. The fourth-order valence-corrected chi connectivity index (χ4v) is 3.61. The van der Waals surface area contributed by atoms with Gasteiger partial charge in [-0.25, -0.2) is 12.7 Å². The van der Waals surface area contributed by atoms with E-state index in [1.807, 2.05) is 7.05 Å². The second-order valence-corrected chi connectivity index (χ2v) is 7.08. The molecule has 2 atom stereocenters. The molecule has 0 amide bonds. The summed E-state index contributed by atoms with van der Waals surface area (Å²) in [5, 5.41) is 3.19. The van der Waals surface area contributed by atoms with E-state index >= 15 is 0 Å². The van der Waals surface area contributed by atoms with Gasteiger partial charge in [-0.2, -0.15) is 0 Å². The highest BCUT2D eigenvalue weighted by molar-refractivity contribution is 7.88. The first-order chi connectivity index (χ1) is 8.92. The fraction of sp³-hybridized carbons (Fsp3) is 1.00. The van der Waals surface area contributed by atoms with E-state index in [0.29, 0.717) is 19.0 Å². The van der Waals surface area contributed by atoms with E-state index in [2.05, 4.69) is 5.32 Å². The summed E-state index contributed by atoms with van der Waals surface area (Å²) in [5.41, 5.74) is 0. The minimum Gasteiger partial charge on any atom is -0.354 e. The zero-order valence-corrected chi connectivity index (χ0v) is 13.1. The van der Waals surface area contributed by atoms with Crippen molar-refractivity contribution in [1.29, 1.82) is 0 Å². The van der Waals surface area contributed by atoms with Crippen LogP contribution in [0.2, 0.25) is 0 Å². The zero-order valence-electron chi connectivity index (χ0n) is 12.3. The highest BCUT2D eigenvalue weighted by Crippen LogP contribution is 2.24. The number of nitrogens with zero attached hydrogens (tertiary/aromatic N) is 1. The Kier molecular flexibility index (Phi) is 6.68. The van der Waals surface area contributed by atoms with Crippen molar-refractivity contribution in [3.05, 3.63) is 0 Å². The SMILES string of the molecule is CNC(CC1CCCN(S(C)(=O)=O)C1)C(OC)OC. The van der Waals surface area contributed by atoms with Crippen LogP contribution in [0.25, 0.3) is 0 Å². The monoisotopic (exact) mass is 294 g/mol. The molecule has 1 aliphatic rings. The van der Waals surface area contributed by atoms with Gasteiger partial charge < -0.3 is 14.8 Å². The first-order valence-electron chi connectivity index (χ1n) is 6.60. The van der Waals surface area contributed by atoms with Gasteiger partial charge in [0.1, 0.15) is 0 Å². The minimum atomic E-state index is -3.08. The Morgan fingerprint density at radius 1 is 1.37 bits per heavy atom. The smallest absolute Gasteiger partial charge is 0.211 e. The molecular formula is C12H26N2O4S. The number of hydrogen-bond acceptors (Lipinski definition) is 5. The van der Waals surface area contributed by atoms with Crippen LogP contribution in [0.4, 0.5) is 0 Å². The molecule has 1 fully saturated rings. The second-order valence-electron chi connectivity index (χ2n) is 5.10.